The van der Waals surface area contributed by atoms with E-state index < -0.39 is 0 Å². The van der Waals surface area contributed by atoms with Gasteiger partial charge in [0.1, 0.15) is 5.75 Å². The van der Waals surface area contributed by atoms with E-state index in [1.165, 1.54) is 4.90 Å². The molecule has 2 aromatic rings. The van der Waals surface area contributed by atoms with E-state index in [-0.39, 0.29) is 36.0 Å². The van der Waals surface area contributed by atoms with Crippen LogP contribution in [0.5, 0.6) is 5.75 Å². The summed E-state index contributed by atoms with van der Waals surface area (Å²) >= 11 is 0. The number of carbonyl (C=O) groups is 3. The van der Waals surface area contributed by atoms with E-state index in [1.807, 2.05) is 19.1 Å². The van der Waals surface area contributed by atoms with Crippen molar-refractivity contribution in [2.75, 3.05) is 11.5 Å². The minimum absolute atomic E-state index is 0.0694. The number of anilines is 1. The van der Waals surface area contributed by atoms with Gasteiger partial charge in [0.25, 0.3) is 0 Å². The van der Waals surface area contributed by atoms with Crippen LogP contribution in [0.3, 0.4) is 0 Å². The number of nitrogens with zero attached hydrogens (tertiary/aromatic N) is 1. The van der Waals surface area contributed by atoms with Crippen molar-refractivity contribution in [3.05, 3.63) is 59.7 Å². The lowest BCUT2D eigenvalue weighted by atomic mass is 9.81. The summed E-state index contributed by atoms with van der Waals surface area (Å²) < 4.78 is 5.67. The number of ketones is 1. The van der Waals surface area contributed by atoms with E-state index in [0.717, 1.165) is 24.8 Å². The number of aryl methyl sites for hydroxylation is 1. The number of Topliss-reactive ketones (excluding diaryl/α,β-unsaturated/α-hetero) is 1. The van der Waals surface area contributed by atoms with Gasteiger partial charge in [0.2, 0.25) is 11.8 Å². The number of hydrogen-bond acceptors (Lipinski definition) is 4. The molecule has 0 aromatic heterocycles. The van der Waals surface area contributed by atoms with Gasteiger partial charge >= 0.3 is 0 Å². The van der Waals surface area contributed by atoms with Crippen LogP contribution in [0.25, 0.3) is 0 Å². The van der Waals surface area contributed by atoms with Gasteiger partial charge in [0.05, 0.1) is 17.5 Å². The maximum absolute atomic E-state index is 13.0. The topological polar surface area (TPSA) is 63.7 Å². The molecule has 29 heavy (non-hydrogen) atoms. The number of benzene rings is 2. The highest BCUT2D eigenvalue weighted by atomic mass is 16.5. The van der Waals surface area contributed by atoms with Crippen LogP contribution >= 0.6 is 0 Å². The first-order chi connectivity index (χ1) is 14.0. The highest BCUT2D eigenvalue weighted by Gasteiger charge is 2.61. The first-order valence-electron chi connectivity index (χ1n) is 10.2. The fourth-order valence-corrected chi connectivity index (χ4v) is 5.35. The molecule has 0 N–H and O–H groups in total. The predicted molar refractivity (Wildman–Crippen MR) is 108 cm³/mol. The summed E-state index contributed by atoms with van der Waals surface area (Å²) in [5.74, 6) is 0.650. The third-order valence-corrected chi connectivity index (χ3v) is 6.75. The summed E-state index contributed by atoms with van der Waals surface area (Å²) in [7, 11) is 0. The Kier molecular flexibility index (Phi) is 4.26. The Balaban J connectivity index is 1.31. The van der Waals surface area contributed by atoms with Gasteiger partial charge in [-0.15, -0.1) is 0 Å². The van der Waals surface area contributed by atoms with Crippen LogP contribution in [0.4, 0.5) is 5.69 Å². The number of fused-ring (bicyclic) bond motifs is 5. The van der Waals surface area contributed by atoms with Crippen LogP contribution in [-0.4, -0.2) is 24.2 Å². The summed E-state index contributed by atoms with van der Waals surface area (Å²) in [6, 6.07) is 14.3. The summed E-state index contributed by atoms with van der Waals surface area (Å²) in [5, 5.41) is 0. The first-order valence-corrected chi connectivity index (χ1v) is 10.2. The van der Waals surface area contributed by atoms with Crippen molar-refractivity contribution >= 4 is 23.3 Å². The quantitative estimate of drug-likeness (QED) is 0.577. The molecular weight excluding hydrogens is 366 g/mol. The fraction of sp³-hybridized carbons (Fsp3) is 0.375. The van der Waals surface area contributed by atoms with Crippen LogP contribution in [0.1, 0.15) is 35.2 Å². The molecule has 4 atom stereocenters. The number of rotatable bonds is 5. The molecule has 3 fully saturated rings. The molecule has 5 nitrogen and oxygen atoms in total. The third kappa shape index (κ3) is 2.96. The third-order valence-electron chi connectivity index (χ3n) is 6.75. The van der Waals surface area contributed by atoms with E-state index in [0.29, 0.717) is 28.8 Å². The molecule has 2 bridgehead atoms. The van der Waals surface area contributed by atoms with Gasteiger partial charge in [-0.05, 0) is 50.2 Å². The summed E-state index contributed by atoms with van der Waals surface area (Å²) in [6.45, 7) is 1.88. The Morgan fingerprint density at radius 3 is 2.31 bits per heavy atom. The standard InChI is InChI=1S/C24H23NO4/c1-14-5-7-15(8-6-14)20(26)13-29-19-4-2-3-18(12-19)25-23(27)21-16-9-10-17(11-16)22(21)24(25)28/h2-8,12,16-17,21-22H,9-11,13H2,1H3/t16-,17-,21+,22+/m0/s1. The number of amides is 2. The molecule has 5 rings (SSSR count). The van der Waals surface area contributed by atoms with E-state index in [9.17, 15) is 14.4 Å². The Morgan fingerprint density at radius 1 is 1.00 bits per heavy atom. The molecule has 0 unspecified atom stereocenters. The maximum Gasteiger partial charge on any atom is 0.237 e. The van der Waals surface area contributed by atoms with Gasteiger partial charge < -0.3 is 4.74 Å². The second-order valence-corrected chi connectivity index (χ2v) is 8.47. The molecular formula is C24H23NO4. The van der Waals surface area contributed by atoms with Crippen molar-refractivity contribution in [2.24, 2.45) is 23.7 Å². The van der Waals surface area contributed by atoms with Gasteiger partial charge in [0, 0.05) is 11.6 Å². The molecule has 5 heteroatoms. The van der Waals surface area contributed by atoms with Gasteiger partial charge in [-0.3, -0.25) is 14.4 Å². The fourth-order valence-electron chi connectivity index (χ4n) is 5.35. The molecule has 0 radical (unpaired) electrons. The largest absolute Gasteiger partial charge is 0.485 e. The Bertz CT molecular complexity index is 968. The van der Waals surface area contributed by atoms with Gasteiger partial charge in [0.15, 0.2) is 12.4 Å². The Morgan fingerprint density at radius 2 is 1.66 bits per heavy atom. The lowest BCUT2D eigenvalue weighted by Crippen LogP contribution is -2.32. The molecule has 2 amide bonds. The van der Waals surface area contributed by atoms with Gasteiger partial charge in [-0.25, -0.2) is 4.90 Å². The van der Waals surface area contributed by atoms with Crippen LogP contribution in [0.15, 0.2) is 48.5 Å². The summed E-state index contributed by atoms with van der Waals surface area (Å²) in [6.07, 6.45) is 3.14. The number of imide groups is 1. The average Bonchev–Trinajstić information content (AvgIpc) is 3.41. The summed E-state index contributed by atoms with van der Waals surface area (Å²) in [4.78, 5) is 39.7. The molecule has 2 aliphatic carbocycles. The minimum Gasteiger partial charge on any atom is -0.485 e. The second-order valence-electron chi connectivity index (χ2n) is 8.47. The van der Waals surface area contributed by atoms with Gasteiger partial charge in [-0.2, -0.15) is 0 Å². The van der Waals surface area contributed by atoms with Crippen molar-refractivity contribution < 1.29 is 19.1 Å². The van der Waals surface area contributed by atoms with Crippen molar-refractivity contribution in [3.63, 3.8) is 0 Å². The molecule has 148 valence electrons. The molecule has 1 saturated heterocycles. The maximum atomic E-state index is 13.0. The van der Waals surface area contributed by atoms with E-state index in [2.05, 4.69) is 0 Å². The number of ether oxygens (including phenoxy) is 1. The highest BCUT2D eigenvalue weighted by Crippen LogP contribution is 2.56. The van der Waals surface area contributed by atoms with Crippen LogP contribution in [-0.2, 0) is 9.59 Å². The van der Waals surface area contributed by atoms with Crippen LogP contribution in [0, 0.1) is 30.6 Å². The average molecular weight is 389 g/mol. The molecule has 2 aromatic carbocycles. The van der Waals surface area contributed by atoms with Crippen molar-refractivity contribution in [3.8, 4) is 5.75 Å². The zero-order chi connectivity index (χ0) is 20.1. The monoisotopic (exact) mass is 389 g/mol. The predicted octanol–water partition coefficient (Wildman–Crippen LogP) is 3.79. The lowest BCUT2D eigenvalue weighted by molar-refractivity contribution is -0.123. The van der Waals surface area contributed by atoms with Crippen molar-refractivity contribution in [2.45, 2.75) is 26.2 Å². The Hall–Kier alpha value is -2.95. The van der Waals surface area contributed by atoms with Crippen molar-refractivity contribution in [1.82, 2.24) is 0 Å². The van der Waals surface area contributed by atoms with E-state index in [4.69, 9.17) is 4.74 Å². The van der Waals surface area contributed by atoms with Crippen LogP contribution < -0.4 is 9.64 Å². The molecule has 3 aliphatic rings. The zero-order valence-corrected chi connectivity index (χ0v) is 16.3. The number of hydrogen-bond donors (Lipinski definition) is 0. The van der Waals surface area contributed by atoms with Crippen molar-refractivity contribution in [1.29, 1.82) is 0 Å². The van der Waals surface area contributed by atoms with E-state index in [1.54, 1.807) is 36.4 Å². The smallest absolute Gasteiger partial charge is 0.237 e. The Labute approximate surface area is 169 Å². The SMILES string of the molecule is Cc1ccc(C(=O)COc2cccc(N3C(=O)[C@@H]4[C@H]5CC[C@@H](C5)[C@H]4C3=O)c2)cc1. The minimum atomic E-state index is -0.145. The van der Waals surface area contributed by atoms with E-state index >= 15 is 0 Å². The van der Waals surface area contributed by atoms with Crippen LogP contribution in [0.2, 0.25) is 0 Å². The second kappa shape index (κ2) is 6.83. The first kappa shape index (κ1) is 18.1. The molecule has 1 aliphatic heterocycles. The number of carbonyl (C=O) groups excluding carboxylic acids is 3. The zero-order valence-electron chi connectivity index (χ0n) is 16.3. The highest BCUT2D eigenvalue weighted by molar-refractivity contribution is 6.22. The lowest BCUT2D eigenvalue weighted by Gasteiger charge is -2.19. The molecule has 1 heterocycles. The molecule has 2 saturated carbocycles. The summed E-state index contributed by atoms with van der Waals surface area (Å²) in [5.41, 5.74) is 2.22. The van der Waals surface area contributed by atoms with Gasteiger partial charge in [-0.1, -0.05) is 35.9 Å². The molecule has 0 spiro atoms. The normalized spacial score (nSPS) is 27.4.